The maximum atomic E-state index is 5.97. The molecule has 90 valence electrons. The third kappa shape index (κ3) is 2.14. The SMILES string of the molecule is CC(C)c1csc(C2(CN)CCOCC2)n1. The van der Waals surface area contributed by atoms with Crippen LogP contribution in [0.25, 0.3) is 0 Å². The molecule has 16 heavy (non-hydrogen) atoms. The molecule has 2 heterocycles. The summed E-state index contributed by atoms with van der Waals surface area (Å²) in [5.74, 6) is 0.500. The van der Waals surface area contributed by atoms with Gasteiger partial charge >= 0.3 is 0 Å². The Morgan fingerprint density at radius 1 is 1.50 bits per heavy atom. The van der Waals surface area contributed by atoms with E-state index in [2.05, 4.69) is 19.2 Å². The Balaban J connectivity index is 2.25. The fourth-order valence-electron chi connectivity index (χ4n) is 2.06. The number of hydrogen-bond donors (Lipinski definition) is 1. The first-order chi connectivity index (χ1) is 7.68. The van der Waals surface area contributed by atoms with Crippen LogP contribution >= 0.6 is 11.3 Å². The third-order valence-electron chi connectivity index (χ3n) is 3.41. The van der Waals surface area contributed by atoms with Crippen molar-refractivity contribution in [1.29, 1.82) is 0 Å². The molecule has 0 aliphatic carbocycles. The topological polar surface area (TPSA) is 48.1 Å². The molecule has 1 fully saturated rings. The minimum Gasteiger partial charge on any atom is -0.381 e. The molecule has 0 unspecified atom stereocenters. The molecule has 0 radical (unpaired) electrons. The van der Waals surface area contributed by atoms with Crippen molar-refractivity contribution in [2.45, 2.75) is 38.0 Å². The first kappa shape index (κ1) is 12.0. The van der Waals surface area contributed by atoms with E-state index in [1.165, 1.54) is 10.7 Å². The van der Waals surface area contributed by atoms with Crippen LogP contribution in [0.2, 0.25) is 0 Å². The van der Waals surface area contributed by atoms with Crippen LogP contribution in [0.3, 0.4) is 0 Å². The molecule has 1 saturated heterocycles. The molecule has 1 aliphatic heterocycles. The van der Waals surface area contributed by atoms with Crippen LogP contribution in [0, 0.1) is 0 Å². The highest BCUT2D eigenvalue weighted by molar-refractivity contribution is 7.09. The summed E-state index contributed by atoms with van der Waals surface area (Å²) in [7, 11) is 0. The monoisotopic (exact) mass is 240 g/mol. The zero-order valence-corrected chi connectivity index (χ0v) is 10.8. The van der Waals surface area contributed by atoms with Gasteiger partial charge in [0.15, 0.2) is 0 Å². The molecule has 3 nitrogen and oxygen atoms in total. The van der Waals surface area contributed by atoms with E-state index in [9.17, 15) is 0 Å². The normalized spacial score (nSPS) is 20.2. The number of aromatic nitrogens is 1. The van der Waals surface area contributed by atoms with Crippen LogP contribution in [-0.4, -0.2) is 24.7 Å². The predicted octanol–water partition coefficient (Wildman–Crippen LogP) is 2.27. The standard InChI is InChI=1S/C12H20N2OS/c1-9(2)10-7-16-11(14-10)12(8-13)3-5-15-6-4-12/h7,9H,3-6,8,13H2,1-2H3. The van der Waals surface area contributed by atoms with E-state index in [1.54, 1.807) is 11.3 Å². The summed E-state index contributed by atoms with van der Waals surface area (Å²) < 4.78 is 5.42. The molecule has 1 aromatic rings. The second kappa shape index (κ2) is 4.82. The molecular formula is C12H20N2OS. The Labute approximate surface area is 101 Å². The second-order valence-corrected chi connectivity index (χ2v) is 5.69. The largest absolute Gasteiger partial charge is 0.381 e. The first-order valence-electron chi connectivity index (χ1n) is 5.92. The van der Waals surface area contributed by atoms with Gasteiger partial charge in [-0.2, -0.15) is 0 Å². The molecule has 2 rings (SSSR count). The van der Waals surface area contributed by atoms with E-state index in [4.69, 9.17) is 15.5 Å². The van der Waals surface area contributed by atoms with Gasteiger partial charge < -0.3 is 10.5 Å². The van der Waals surface area contributed by atoms with Crippen LogP contribution in [0.1, 0.15) is 43.3 Å². The summed E-state index contributed by atoms with van der Waals surface area (Å²) >= 11 is 1.76. The van der Waals surface area contributed by atoms with E-state index in [1.807, 2.05) is 0 Å². The summed E-state index contributed by atoms with van der Waals surface area (Å²) in [6.07, 6.45) is 2.02. The molecule has 0 aromatic carbocycles. The fourth-order valence-corrected chi connectivity index (χ4v) is 3.32. The summed E-state index contributed by atoms with van der Waals surface area (Å²) in [5, 5.41) is 3.38. The number of rotatable bonds is 3. The van der Waals surface area contributed by atoms with Crippen molar-refractivity contribution in [2.75, 3.05) is 19.8 Å². The maximum absolute atomic E-state index is 5.97. The van der Waals surface area contributed by atoms with Gasteiger partial charge in [-0.05, 0) is 18.8 Å². The molecule has 2 N–H and O–H groups in total. The average Bonchev–Trinajstić information content (AvgIpc) is 2.80. The van der Waals surface area contributed by atoms with Gasteiger partial charge in [0.25, 0.3) is 0 Å². The molecule has 0 bridgehead atoms. The maximum Gasteiger partial charge on any atom is 0.100 e. The van der Waals surface area contributed by atoms with Gasteiger partial charge in [0.2, 0.25) is 0 Å². The van der Waals surface area contributed by atoms with Gasteiger partial charge in [0, 0.05) is 30.6 Å². The van der Waals surface area contributed by atoms with Crippen LogP contribution < -0.4 is 5.73 Å². The number of hydrogen-bond acceptors (Lipinski definition) is 4. The molecule has 0 spiro atoms. The molecule has 0 saturated carbocycles. The Hall–Kier alpha value is -0.450. The van der Waals surface area contributed by atoms with Crippen LogP contribution in [-0.2, 0) is 10.2 Å². The Morgan fingerprint density at radius 2 is 2.19 bits per heavy atom. The van der Waals surface area contributed by atoms with E-state index < -0.39 is 0 Å². The lowest BCUT2D eigenvalue weighted by atomic mass is 9.81. The summed E-state index contributed by atoms with van der Waals surface area (Å²) in [6, 6.07) is 0. The smallest absolute Gasteiger partial charge is 0.100 e. The van der Waals surface area contributed by atoms with Crippen molar-refractivity contribution >= 4 is 11.3 Å². The van der Waals surface area contributed by atoms with E-state index >= 15 is 0 Å². The van der Waals surface area contributed by atoms with Crippen molar-refractivity contribution in [3.8, 4) is 0 Å². The Morgan fingerprint density at radius 3 is 2.69 bits per heavy atom. The molecular weight excluding hydrogens is 220 g/mol. The van der Waals surface area contributed by atoms with Crippen molar-refractivity contribution in [3.05, 3.63) is 16.1 Å². The lowest BCUT2D eigenvalue weighted by Gasteiger charge is -2.34. The van der Waals surface area contributed by atoms with E-state index in [0.29, 0.717) is 12.5 Å². The summed E-state index contributed by atoms with van der Waals surface area (Å²) in [4.78, 5) is 4.76. The number of thiazole rings is 1. The molecule has 4 heteroatoms. The molecule has 0 amide bonds. The molecule has 1 aromatic heterocycles. The van der Waals surface area contributed by atoms with Crippen LogP contribution in [0.5, 0.6) is 0 Å². The van der Waals surface area contributed by atoms with Gasteiger partial charge in [-0.3, -0.25) is 0 Å². The zero-order chi connectivity index (χ0) is 11.6. The number of nitrogens with zero attached hydrogens (tertiary/aromatic N) is 1. The average molecular weight is 240 g/mol. The first-order valence-corrected chi connectivity index (χ1v) is 6.80. The van der Waals surface area contributed by atoms with Crippen LogP contribution in [0.15, 0.2) is 5.38 Å². The molecule has 1 aliphatic rings. The lowest BCUT2D eigenvalue weighted by Crippen LogP contribution is -2.40. The highest BCUT2D eigenvalue weighted by Gasteiger charge is 2.35. The zero-order valence-electron chi connectivity index (χ0n) is 10.0. The highest BCUT2D eigenvalue weighted by Crippen LogP contribution is 2.36. The van der Waals surface area contributed by atoms with E-state index in [-0.39, 0.29) is 5.41 Å². The predicted molar refractivity (Wildman–Crippen MR) is 67.0 cm³/mol. The quantitative estimate of drug-likeness (QED) is 0.881. The Bertz CT molecular complexity index is 343. The van der Waals surface area contributed by atoms with Crippen LogP contribution in [0.4, 0.5) is 0 Å². The van der Waals surface area contributed by atoms with Gasteiger partial charge in [0.05, 0.1) is 5.69 Å². The van der Waals surface area contributed by atoms with Crippen molar-refractivity contribution in [1.82, 2.24) is 4.98 Å². The minimum atomic E-state index is 0.0794. The van der Waals surface area contributed by atoms with Gasteiger partial charge in [-0.15, -0.1) is 11.3 Å². The molecule has 0 atom stereocenters. The van der Waals surface area contributed by atoms with Crippen molar-refractivity contribution in [3.63, 3.8) is 0 Å². The number of ether oxygens (including phenoxy) is 1. The van der Waals surface area contributed by atoms with Crippen molar-refractivity contribution < 1.29 is 4.74 Å². The number of nitrogens with two attached hydrogens (primary N) is 1. The lowest BCUT2D eigenvalue weighted by molar-refractivity contribution is 0.0528. The summed E-state index contributed by atoms with van der Waals surface area (Å²) in [6.45, 7) is 6.67. The van der Waals surface area contributed by atoms with Gasteiger partial charge in [-0.25, -0.2) is 4.98 Å². The van der Waals surface area contributed by atoms with Gasteiger partial charge in [0.1, 0.15) is 5.01 Å². The van der Waals surface area contributed by atoms with Gasteiger partial charge in [-0.1, -0.05) is 13.8 Å². The second-order valence-electron chi connectivity index (χ2n) is 4.83. The minimum absolute atomic E-state index is 0.0794. The van der Waals surface area contributed by atoms with E-state index in [0.717, 1.165) is 26.1 Å². The fraction of sp³-hybridized carbons (Fsp3) is 0.750. The Kier molecular flexibility index (Phi) is 3.62. The highest BCUT2D eigenvalue weighted by atomic mass is 32.1. The summed E-state index contributed by atoms with van der Waals surface area (Å²) in [5.41, 5.74) is 7.24. The third-order valence-corrected chi connectivity index (χ3v) is 4.51. The van der Waals surface area contributed by atoms with Crippen molar-refractivity contribution in [2.24, 2.45) is 5.73 Å².